The predicted molar refractivity (Wildman–Crippen MR) is 159 cm³/mol. The van der Waals surface area contributed by atoms with Crippen LogP contribution < -0.4 is 14.8 Å². The molecular weight excluding hydrogens is 546 g/mol. The molecule has 0 saturated carbocycles. The van der Waals surface area contributed by atoms with Crippen LogP contribution in [-0.4, -0.2) is 25.9 Å². The fraction of sp³-hybridized carbons (Fsp3) is 0.129. The van der Waals surface area contributed by atoms with E-state index in [1.165, 1.54) is 0 Å². The van der Waals surface area contributed by atoms with Crippen LogP contribution in [0.25, 0.3) is 22.2 Å². The third-order valence-electron chi connectivity index (χ3n) is 6.62. The van der Waals surface area contributed by atoms with Crippen LogP contribution in [0.1, 0.15) is 11.4 Å². The molecule has 0 radical (unpaired) electrons. The van der Waals surface area contributed by atoms with E-state index in [-0.39, 0.29) is 28.8 Å². The number of aryl methyl sites for hydroxylation is 1. The van der Waals surface area contributed by atoms with Gasteiger partial charge in [0, 0.05) is 18.7 Å². The lowest BCUT2D eigenvalue weighted by molar-refractivity contribution is -0.118. The van der Waals surface area contributed by atoms with E-state index in [4.69, 9.17) is 14.5 Å². The molecule has 1 saturated heterocycles. The molecular formula is C31H26ClN3O4S. The van der Waals surface area contributed by atoms with Crippen LogP contribution in [-0.2, 0) is 24.9 Å². The molecule has 7 nitrogen and oxygen atoms in total. The van der Waals surface area contributed by atoms with Crippen molar-refractivity contribution in [3.05, 3.63) is 108 Å². The van der Waals surface area contributed by atoms with Crippen molar-refractivity contribution < 1.29 is 19.1 Å². The van der Waals surface area contributed by atoms with Crippen molar-refractivity contribution in [2.75, 3.05) is 0 Å². The van der Waals surface area contributed by atoms with Crippen molar-refractivity contribution in [3.63, 3.8) is 0 Å². The van der Waals surface area contributed by atoms with Gasteiger partial charge >= 0.3 is 0 Å². The predicted octanol–water partition coefficient (Wildman–Crippen LogP) is 6.93. The number of carbonyl (C=O) groups excluding carboxylic acids is 2. The molecule has 2 amide bonds. The molecule has 1 N–H and O–H groups in total. The Kier molecular flexibility index (Phi) is 8.09. The first-order valence-corrected chi connectivity index (χ1v) is 13.4. The number of benzene rings is 4. The fourth-order valence-corrected chi connectivity index (χ4v) is 5.42. The molecule has 202 valence electrons. The minimum absolute atomic E-state index is 0. The van der Waals surface area contributed by atoms with Crippen molar-refractivity contribution in [2.24, 2.45) is 7.05 Å². The molecule has 1 aliphatic rings. The van der Waals surface area contributed by atoms with Crippen LogP contribution in [0, 0.1) is 0 Å². The Labute approximate surface area is 241 Å². The summed E-state index contributed by atoms with van der Waals surface area (Å²) in [4.78, 5) is 27.9. The molecule has 5 aromatic rings. The number of hydrogen-bond acceptors (Lipinski definition) is 6. The van der Waals surface area contributed by atoms with Gasteiger partial charge in [-0.3, -0.25) is 14.9 Å². The van der Waals surface area contributed by atoms with E-state index in [2.05, 4.69) is 23.5 Å². The van der Waals surface area contributed by atoms with Gasteiger partial charge in [-0.05, 0) is 47.9 Å². The van der Waals surface area contributed by atoms with Crippen molar-refractivity contribution in [1.82, 2.24) is 14.9 Å². The highest BCUT2D eigenvalue weighted by Gasteiger charge is 2.31. The summed E-state index contributed by atoms with van der Waals surface area (Å²) in [7, 11) is 1.96. The van der Waals surface area contributed by atoms with Crippen LogP contribution in [0.15, 0.2) is 97.1 Å². The molecule has 4 aromatic carbocycles. The Bertz CT molecular complexity index is 1670. The molecule has 6 rings (SSSR count). The minimum Gasteiger partial charge on any atom is -0.486 e. The van der Waals surface area contributed by atoms with E-state index >= 15 is 0 Å². The van der Waals surface area contributed by atoms with Gasteiger partial charge in [0.05, 0.1) is 16.3 Å². The molecule has 0 aliphatic carbocycles. The number of fused-ring (bicyclic) bond motifs is 1. The average Bonchev–Trinajstić information content (AvgIpc) is 3.45. The monoisotopic (exact) mass is 571 g/mol. The number of hydrogen-bond donors (Lipinski definition) is 1. The average molecular weight is 572 g/mol. The number of halogens is 1. The summed E-state index contributed by atoms with van der Waals surface area (Å²) < 4.78 is 14.3. The Morgan fingerprint density at radius 2 is 1.62 bits per heavy atom. The first-order chi connectivity index (χ1) is 19.0. The molecule has 9 heteroatoms. The first-order valence-electron chi connectivity index (χ1n) is 12.5. The lowest BCUT2D eigenvalue weighted by Gasteiger charge is -2.12. The summed E-state index contributed by atoms with van der Waals surface area (Å²) >= 11 is 1.03. The highest BCUT2D eigenvalue weighted by atomic mass is 35.5. The van der Waals surface area contributed by atoms with E-state index in [0.29, 0.717) is 18.8 Å². The van der Waals surface area contributed by atoms with Crippen LogP contribution in [0.5, 0.6) is 17.2 Å². The summed E-state index contributed by atoms with van der Waals surface area (Å²) in [6.07, 6.45) is 0.494. The second-order valence-corrected chi connectivity index (χ2v) is 10.4. The molecule has 2 heterocycles. The molecule has 0 bridgehead atoms. The molecule has 1 aliphatic heterocycles. The lowest BCUT2D eigenvalue weighted by atomic mass is 10.0. The second kappa shape index (κ2) is 11.9. The molecule has 0 spiro atoms. The van der Waals surface area contributed by atoms with E-state index in [0.717, 1.165) is 56.8 Å². The third kappa shape index (κ3) is 5.83. The molecule has 1 atom stereocenters. The van der Waals surface area contributed by atoms with Crippen molar-refractivity contribution in [2.45, 2.75) is 18.3 Å². The maximum atomic E-state index is 11.8. The number of rotatable bonds is 8. The quantitative estimate of drug-likeness (QED) is 0.217. The number of nitrogens with one attached hydrogen (secondary N) is 1. The summed E-state index contributed by atoms with van der Waals surface area (Å²) in [5.74, 6) is 2.77. The minimum atomic E-state index is -0.384. The van der Waals surface area contributed by atoms with E-state index in [9.17, 15) is 9.59 Å². The number of thioether (sulfide) groups is 1. The lowest BCUT2D eigenvalue weighted by Crippen LogP contribution is -2.25. The molecule has 1 fully saturated rings. The van der Waals surface area contributed by atoms with Gasteiger partial charge in [-0.25, -0.2) is 4.98 Å². The maximum Gasteiger partial charge on any atom is 0.286 e. The van der Waals surface area contributed by atoms with E-state index < -0.39 is 0 Å². The maximum absolute atomic E-state index is 11.8. The van der Waals surface area contributed by atoms with Gasteiger partial charge in [-0.2, -0.15) is 0 Å². The third-order valence-corrected chi connectivity index (χ3v) is 7.61. The Hall–Kier alpha value is -4.27. The molecule has 1 aromatic heterocycles. The van der Waals surface area contributed by atoms with Crippen LogP contribution in [0.2, 0.25) is 0 Å². The second-order valence-electron chi connectivity index (χ2n) is 9.22. The zero-order valence-electron chi connectivity index (χ0n) is 21.6. The van der Waals surface area contributed by atoms with Gasteiger partial charge < -0.3 is 14.0 Å². The number of nitrogens with zero attached hydrogens (tertiary/aromatic N) is 2. The standard InChI is InChI=1S/C31H25N3O4S.ClH/c1-34-26-18-23(38-27-10-6-5-9-24(27)21-7-3-2-4-8-21)15-16-25(26)32-29(34)19-37-22-13-11-20(12-14-22)17-28-30(35)33-31(36)39-28;/h2-16,18,28H,17,19H2,1H3,(H,33,35,36);1H. The number of imide groups is 1. The van der Waals surface area contributed by atoms with Gasteiger partial charge in [0.25, 0.3) is 5.24 Å². The number of aromatic nitrogens is 2. The zero-order valence-corrected chi connectivity index (χ0v) is 23.2. The summed E-state index contributed by atoms with van der Waals surface area (Å²) in [5.41, 5.74) is 4.90. The highest BCUT2D eigenvalue weighted by molar-refractivity contribution is 8.15. The Balaban J connectivity index is 0.00000323. The van der Waals surface area contributed by atoms with Crippen LogP contribution in [0.3, 0.4) is 0 Å². The van der Waals surface area contributed by atoms with Gasteiger partial charge in [0.2, 0.25) is 5.91 Å². The smallest absolute Gasteiger partial charge is 0.286 e. The fourth-order valence-electron chi connectivity index (χ4n) is 4.56. The van der Waals surface area contributed by atoms with Crippen LogP contribution in [0.4, 0.5) is 4.79 Å². The number of imidazole rings is 1. The number of amides is 2. The summed E-state index contributed by atoms with van der Waals surface area (Å²) in [5, 5.41) is 1.65. The van der Waals surface area contributed by atoms with Gasteiger partial charge in [0.15, 0.2) is 0 Å². The van der Waals surface area contributed by atoms with E-state index in [1.54, 1.807) is 0 Å². The van der Waals surface area contributed by atoms with Crippen LogP contribution >= 0.6 is 24.2 Å². The van der Waals surface area contributed by atoms with Crippen molar-refractivity contribution >= 4 is 46.3 Å². The number of para-hydroxylation sites is 1. The summed E-state index contributed by atoms with van der Waals surface area (Å²) in [6, 6.07) is 31.6. The Morgan fingerprint density at radius 3 is 2.38 bits per heavy atom. The van der Waals surface area contributed by atoms with Crippen molar-refractivity contribution in [3.8, 4) is 28.4 Å². The molecule has 1 unspecified atom stereocenters. The van der Waals surface area contributed by atoms with Gasteiger partial charge in [-0.1, -0.05) is 72.4 Å². The SMILES string of the molecule is Cl.Cn1c(COc2ccc(CC3SC(=O)NC3=O)cc2)nc2ccc(Oc3ccccc3-c3ccccc3)cc21. The van der Waals surface area contributed by atoms with Gasteiger partial charge in [-0.15, -0.1) is 12.4 Å². The largest absolute Gasteiger partial charge is 0.486 e. The number of ether oxygens (including phenoxy) is 2. The Morgan fingerprint density at radius 1 is 0.900 bits per heavy atom. The van der Waals surface area contributed by atoms with Gasteiger partial charge in [0.1, 0.15) is 29.7 Å². The first kappa shape index (κ1) is 27.3. The number of carbonyl (C=O) groups is 2. The van der Waals surface area contributed by atoms with E-state index in [1.807, 2.05) is 90.5 Å². The normalized spacial score (nSPS) is 14.6. The molecule has 40 heavy (non-hydrogen) atoms. The summed E-state index contributed by atoms with van der Waals surface area (Å²) in [6.45, 7) is 0.299. The van der Waals surface area contributed by atoms with Crippen molar-refractivity contribution in [1.29, 1.82) is 0 Å². The zero-order chi connectivity index (χ0) is 26.8. The highest BCUT2D eigenvalue weighted by Crippen LogP contribution is 2.34. The topological polar surface area (TPSA) is 82.5 Å².